The molecule has 0 saturated carbocycles. The summed E-state index contributed by atoms with van der Waals surface area (Å²) in [5.74, 6) is -1.04. The van der Waals surface area contributed by atoms with Gasteiger partial charge in [-0.3, -0.25) is 0 Å². The zero-order chi connectivity index (χ0) is 9.84. The predicted octanol–water partition coefficient (Wildman–Crippen LogP) is 3.78. The van der Waals surface area contributed by atoms with Crippen LogP contribution >= 0.6 is 0 Å². The summed E-state index contributed by atoms with van der Waals surface area (Å²) in [6.07, 6.45) is 2.60. The fourth-order valence-corrected chi connectivity index (χ4v) is 0.986. The first-order chi connectivity index (χ1) is 6.13. The van der Waals surface area contributed by atoms with Crippen molar-refractivity contribution >= 4 is 6.08 Å². The van der Waals surface area contributed by atoms with E-state index in [-0.39, 0.29) is 0 Å². The average Bonchev–Trinajstić information content (AvgIpc) is 2.09. The molecule has 2 heteroatoms. The molecule has 1 rings (SSSR count). The number of allylic oxidation sites excluding steroid dienone is 1. The molecule has 0 saturated heterocycles. The van der Waals surface area contributed by atoms with E-state index in [0.29, 0.717) is 5.56 Å². The lowest BCUT2D eigenvalue weighted by Gasteiger charge is -1.99. The summed E-state index contributed by atoms with van der Waals surface area (Å²) < 4.78 is 25.6. The molecule has 0 amide bonds. The third-order valence-electron chi connectivity index (χ3n) is 1.92. The largest absolute Gasteiger partial charge is 0.207 e. The van der Waals surface area contributed by atoms with Gasteiger partial charge < -0.3 is 0 Å². The van der Waals surface area contributed by atoms with Gasteiger partial charge in [0, 0.05) is 11.6 Å². The molecular weight excluding hydrogens is 170 g/mol. The van der Waals surface area contributed by atoms with Gasteiger partial charge in [0.05, 0.1) is 0 Å². The zero-order valence-corrected chi connectivity index (χ0v) is 7.77. The van der Waals surface area contributed by atoms with E-state index in [9.17, 15) is 8.78 Å². The molecule has 0 N–H and O–H groups in total. The predicted molar refractivity (Wildman–Crippen MR) is 50.3 cm³/mol. The van der Waals surface area contributed by atoms with Crippen LogP contribution in [0.3, 0.4) is 0 Å². The van der Waals surface area contributed by atoms with Crippen LogP contribution in [0.4, 0.5) is 8.78 Å². The second kappa shape index (κ2) is 4.17. The molecule has 0 aromatic heterocycles. The van der Waals surface area contributed by atoms with Gasteiger partial charge in [0.25, 0.3) is 0 Å². The molecule has 0 heterocycles. The van der Waals surface area contributed by atoms with Crippen LogP contribution in [0.15, 0.2) is 23.8 Å². The number of rotatable bonds is 2. The van der Waals surface area contributed by atoms with Crippen molar-refractivity contribution in [2.45, 2.75) is 20.3 Å². The van der Waals surface area contributed by atoms with Crippen LogP contribution in [0.1, 0.15) is 25.8 Å². The molecule has 0 aliphatic carbocycles. The van der Waals surface area contributed by atoms with Crippen molar-refractivity contribution in [1.29, 1.82) is 0 Å². The highest BCUT2D eigenvalue weighted by molar-refractivity contribution is 5.52. The van der Waals surface area contributed by atoms with Gasteiger partial charge in [-0.05, 0) is 25.5 Å². The first-order valence-electron chi connectivity index (χ1n) is 4.25. The van der Waals surface area contributed by atoms with Crippen LogP contribution in [0.25, 0.3) is 6.08 Å². The lowest BCUT2D eigenvalue weighted by atomic mass is 10.1. The summed E-state index contributed by atoms with van der Waals surface area (Å²) >= 11 is 0. The molecule has 0 fully saturated rings. The zero-order valence-electron chi connectivity index (χ0n) is 7.77. The minimum Gasteiger partial charge on any atom is -0.207 e. The van der Waals surface area contributed by atoms with Crippen LogP contribution in [0, 0.1) is 11.6 Å². The lowest BCUT2D eigenvalue weighted by molar-refractivity contribution is 0.581. The third kappa shape index (κ3) is 2.65. The Labute approximate surface area is 76.9 Å². The molecule has 0 bridgehead atoms. The van der Waals surface area contributed by atoms with Crippen LogP contribution < -0.4 is 0 Å². The Hall–Kier alpha value is -1.18. The van der Waals surface area contributed by atoms with Gasteiger partial charge in [0.15, 0.2) is 0 Å². The first kappa shape index (κ1) is 9.90. The molecule has 70 valence electrons. The van der Waals surface area contributed by atoms with Crippen molar-refractivity contribution in [2.24, 2.45) is 0 Å². The number of benzene rings is 1. The Morgan fingerprint density at radius 3 is 2.62 bits per heavy atom. The summed E-state index contributed by atoms with van der Waals surface area (Å²) in [6.45, 7) is 3.91. The fourth-order valence-electron chi connectivity index (χ4n) is 0.986. The van der Waals surface area contributed by atoms with E-state index in [1.807, 2.05) is 13.8 Å². The topological polar surface area (TPSA) is 0 Å². The summed E-state index contributed by atoms with van der Waals surface area (Å²) in [7, 11) is 0. The van der Waals surface area contributed by atoms with E-state index in [1.54, 1.807) is 6.08 Å². The number of hydrogen-bond acceptors (Lipinski definition) is 0. The third-order valence-corrected chi connectivity index (χ3v) is 1.92. The van der Waals surface area contributed by atoms with E-state index < -0.39 is 11.6 Å². The molecule has 0 aliphatic heterocycles. The Balaban J connectivity index is 3.03. The normalized spacial score (nSPS) is 11.8. The van der Waals surface area contributed by atoms with Crippen molar-refractivity contribution < 1.29 is 8.78 Å². The summed E-state index contributed by atoms with van der Waals surface area (Å²) in [4.78, 5) is 0. The van der Waals surface area contributed by atoms with Gasteiger partial charge in [-0.2, -0.15) is 0 Å². The molecular formula is C11H12F2. The molecule has 0 spiro atoms. The smallest absolute Gasteiger partial charge is 0.133 e. The van der Waals surface area contributed by atoms with E-state index >= 15 is 0 Å². The van der Waals surface area contributed by atoms with Crippen LogP contribution in [-0.2, 0) is 0 Å². The van der Waals surface area contributed by atoms with Gasteiger partial charge in [-0.1, -0.05) is 18.6 Å². The maximum Gasteiger partial charge on any atom is 0.133 e. The maximum absolute atomic E-state index is 13.1. The second-order valence-corrected chi connectivity index (χ2v) is 3.01. The molecule has 1 aromatic carbocycles. The molecule has 0 unspecified atom stereocenters. The standard InChI is InChI=1S/C11H12F2/c1-3-8(2)6-9-4-5-10(12)7-11(9)13/h4-7H,3H2,1-2H3/b8-6-. The summed E-state index contributed by atoms with van der Waals surface area (Å²) in [6, 6.07) is 3.61. The molecule has 13 heavy (non-hydrogen) atoms. The molecule has 1 aromatic rings. The van der Waals surface area contributed by atoms with Crippen LogP contribution in [0.5, 0.6) is 0 Å². The quantitative estimate of drug-likeness (QED) is 0.653. The Bertz CT molecular complexity index is 327. The van der Waals surface area contributed by atoms with Crippen LogP contribution in [0.2, 0.25) is 0 Å². The van der Waals surface area contributed by atoms with E-state index in [0.717, 1.165) is 18.1 Å². The van der Waals surface area contributed by atoms with Gasteiger partial charge >= 0.3 is 0 Å². The number of hydrogen-bond donors (Lipinski definition) is 0. The van der Waals surface area contributed by atoms with Crippen molar-refractivity contribution in [3.8, 4) is 0 Å². The SMILES string of the molecule is CC/C(C)=C\c1ccc(F)cc1F. The van der Waals surface area contributed by atoms with Gasteiger partial charge in [-0.15, -0.1) is 0 Å². The Morgan fingerprint density at radius 1 is 1.38 bits per heavy atom. The van der Waals surface area contributed by atoms with Crippen molar-refractivity contribution in [2.75, 3.05) is 0 Å². The molecule has 0 radical (unpaired) electrons. The van der Waals surface area contributed by atoms with E-state index in [2.05, 4.69) is 0 Å². The highest BCUT2D eigenvalue weighted by Gasteiger charge is 2.00. The van der Waals surface area contributed by atoms with E-state index in [1.165, 1.54) is 12.1 Å². The Morgan fingerprint density at radius 2 is 2.08 bits per heavy atom. The maximum atomic E-state index is 13.1. The molecule has 0 nitrogen and oxygen atoms in total. The lowest BCUT2D eigenvalue weighted by Crippen LogP contribution is -1.85. The minimum atomic E-state index is -0.538. The monoisotopic (exact) mass is 182 g/mol. The summed E-state index contributed by atoms with van der Waals surface area (Å²) in [5.41, 5.74) is 1.52. The van der Waals surface area contributed by atoms with Crippen molar-refractivity contribution in [3.63, 3.8) is 0 Å². The van der Waals surface area contributed by atoms with Crippen molar-refractivity contribution in [3.05, 3.63) is 41.0 Å². The Kier molecular flexibility index (Phi) is 3.18. The first-order valence-corrected chi connectivity index (χ1v) is 4.25. The highest BCUT2D eigenvalue weighted by Crippen LogP contribution is 2.14. The highest BCUT2D eigenvalue weighted by atomic mass is 19.1. The van der Waals surface area contributed by atoms with Crippen LogP contribution in [-0.4, -0.2) is 0 Å². The molecule has 0 atom stereocenters. The fraction of sp³-hybridized carbons (Fsp3) is 0.273. The average molecular weight is 182 g/mol. The van der Waals surface area contributed by atoms with E-state index in [4.69, 9.17) is 0 Å². The summed E-state index contributed by atoms with van der Waals surface area (Å²) in [5, 5.41) is 0. The second-order valence-electron chi connectivity index (χ2n) is 3.01. The van der Waals surface area contributed by atoms with Gasteiger partial charge in [0.2, 0.25) is 0 Å². The number of halogens is 2. The minimum absolute atomic E-state index is 0.445. The molecule has 0 aliphatic rings. The van der Waals surface area contributed by atoms with Crippen molar-refractivity contribution in [1.82, 2.24) is 0 Å². The van der Waals surface area contributed by atoms with Gasteiger partial charge in [0.1, 0.15) is 11.6 Å². The van der Waals surface area contributed by atoms with Gasteiger partial charge in [-0.25, -0.2) is 8.78 Å².